The highest BCUT2D eigenvalue weighted by Gasteiger charge is 2.54. The molecule has 196 valence electrons. The standard InChI is InChI=1S/C29H35BrN4O3/c30-24-13-11-23(12-14-24)27(36)32-17-15-29(16-18-32)28(37)33(21-34(29)25-9-5-2-6-10-25)20-26(35)31-19-22-7-3-1-4-8-22/h2,5-6,9-14,22H,1,3-4,7-8,15-21H2,(H,31,35). The Hall–Kier alpha value is -2.87. The maximum Gasteiger partial charge on any atom is 0.253 e. The van der Waals surface area contributed by atoms with E-state index in [2.05, 4.69) is 26.1 Å². The summed E-state index contributed by atoms with van der Waals surface area (Å²) in [7, 11) is 0. The van der Waals surface area contributed by atoms with Crippen molar-refractivity contribution in [3.05, 3.63) is 64.6 Å². The Kier molecular flexibility index (Phi) is 7.84. The molecule has 3 fully saturated rings. The predicted molar refractivity (Wildman–Crippen MR) is 147 cm³/mol. The molecule has 7 nitrogen and oxygen atoms in total. The Morgan fingerprint density at radius 2 is 1.62 bits per heavy atom. The summed E-state index contributed by atoms with van der Waals surface area (Å²) in [6.45, 7) is 2.12. The van der Waals surface area contributed by atoms with Crippen LogP contribution in [0.3, 0.4) is 0 Å². The number of carbonyl (C=O) groups is 3. The first-order valence-corrected chi connectivity index (χ1v) is 14.2. The Morgan fingerprint density at radius 3 is 2.30 bits per heavy atom. The molecule has 1 spiro atoms. The molecule has 0 unspecified atom stereocenters. The molecule has 2 aromatic rings. The predicted octanol–water partition coefficient (Wildman–Crippen LogP) is 4.43. The minimum atomic E-state index is -0.749. The number of hydrogen-bond acceptors (Lipinski definition) is 4. The smallest absolute Gasteiger partial charge is 0.253 e. The van der Waals surface area contributed by atoms with Crippen molar-refractivity contribution in [2.75, 3.05) is 37.7 Å². The Morgan fingerprint density at radius 1 is 0.946 bits per heavy atom. The van der Waals surface area contributed by atoms with Crippen LogP contribution in [0.25, 0.3) is 0 Å². The Balaban J connectivity index is 1.28. The molecule has 5 rings (SSSR count). The third kappa shape index (κ3) is 5.54. The van der Waals surface area contributed by atoms with E-state index >= 15 is 0 Å². The third-order valence-corrected chi connectivity index (χ3v) is 8.73. The summed E-state index contributed by atoms with van der Waals surface area (Å²) < 4.78 is 0.930. The Bertz CT molecular complexity index is 1110. The summed E-state index contributed by atoms with van der Waals surface area (Å²) in [5, 5.41) is 3.08. The number of nitrogens with one attached hydrogen (secondary N) is 1. The largest absolute Gasteiger partial charge is 0.354 e. The van der Waals surface area contributed by atoms with Gasteiger partial charge in [0.1, 0.15) is 12.1 Å². The van der Waals surface area contributed by atoms with Crippen molar-refractivity contribution in [1.29, 1.82) is 0 Å². The van der Waals surface area contributed by atoms with Crippen molar-refractivity contribution in [3.63, 3.8) is 0 Å². The number of benzene rings is 2. The fourth-order valence-electron chi connectivity index (χ4n) is 6.06. The molecule has 0 radical (unpaired) electrons. The number of halogens is 1. The second-order valence-electron chi connectivity index (χ2n) is 10.5. The molecule has 2 aromatic carbocycles. The van der Waals surface area contributed by atoms with Crippen LogP contribution >= 0.6 is 15.9 Å². The first-order chi connectivity index (χ1) is 18.0. The SMILES string of the molecule is O=C(CN1CN(c2ccccc2)C2(CCN(C(=O)c3ccc(Br)cc3)CC2)C1=O)NCC1CCCCC1. The van der Waals surface area contributed by atoms with E-state index in [1.165, 1.54) is 32.1 Å². The quantitative estimate of drug-likeness (QED) is 0.561. The lowest BCUT2D eigenvalue weighted by Crippen LogP contribution is -2.57. The lowest BCUT2D eigenvalue weighted by atomic mass is 9.85. The number of nitrogens with zero attached hydrogens (tertiary/aromatic N) is 3. The monoisotopic (exact) mass is 566 g/mol. The average molecular weight is 568 g/mol. The lowest BCUT2D eigenvalue weighted by Gasteiger charge is -2.43. The van der Waals surface area contributed by atoms with E-state index in [1.807, 2.05) is 59.5 Å². The van der Waals surface area contributed by atoms with Crippen molar-refractivity contribution in [2.45, 2.75) is 50.5 Å². The number of hydrogen-bond donors (Lipinski definition) is 1. The van der Waals surface area contributed by atoms with E-state index in [9.17, 15) is 14.4 Å². The topological polar surface area (TPSA) is 73.0 Å². The van der Waals surface area contributed by atoms with Crippen LogP contribution in [0.5, 0.6) is 0 Å². The number of carbonyl (C=O) groups excluding carboxylic acids is 3. The van der Waals surface area contributed by atoms with Crippen molar-refractivity contribution in [1.82, 2.24) is 15.1 Å². The molecule has 3 aliphatic rings. The lowest BCUT2D eigenvalue weighted by molar-refractivity contribution is -0.137. The molecule has 2 aliphatic heterocycles. The van der Waals surface area contributed by atoms with E-state index in [0.717, 1.165) is 10.2 Å². The molecule has 2 heterocycles. The van der Waals surface area contributed by atoms with Gasteiger partial charge in [-0.25, -0.2) is 0 Å². The van der Waals surface area contributed by atoms with E-state index in [-0.39, 0.29) is 24.3 Å². The molecule has 1 saturated carbocycles. The molecule has 3 amide bonds. The van der Waals surface area contributed by atoms with E-state index in [1.54, 1.807) is 4.90 Å². The number of amides is 3. The van der Waals surface area contributed by atoms with E-state index in [0.29, 0.717) is 50.6 Å². The van der Waals surface area contributed by atoms with Gasteiger partial charge in [-0.1, -0.05) is 53.4 Å². The van der Waals surface area contributed by atoms with Gasteiger partial charge in [0.25, 0.3) is 11.8 Å². The van der Waals surface area contributed by atoms with Gasteiger partial charge >= 0.3 is 0 Å². The third-order valence-electron chi connectivity index (χ3n) is 8.20. The van der Waals surface area contributed by atoms with Crippen molar-refractivity contribution >= 4 is 39.3 Å². The van der Waals surface area contributed by atoms with Gasteiger partial charge in [0.2, 0.25) is 5.91 Å². The zero-order chi connectivity index (χ0) is 25.8. The van der Waals surface area contributed by atoms with Crippen molar-refractivity contribution in [2.24, 2.45) is 5.92 Å². The summed E-state index contributed by atoms with van der Waals surface area (Å²) in [6, 6.07) is 17.3. The minimum absolute atomic E-state index is 0.0140. The van der Waals surface area contributed by atoms with Crippen LogP contribution in [0.4, 0.5) is 5.69 Å². The molecule has 1 N–H and O–H groups in total. The summed E-state index contributed by atoms with van der Waals surface area (Å²) in [5.41, 5.74) is 0.864. The minimum Gasteiger partial charge on any atom is -0.354 e. The van der Waals surface area contributed by atoms with Gasteiger partial charge in [0.15, 0.2) is 0 Å². The zero-order valence-corrected chi connectivity index (χ0v) is 22.8. The first kappa shape index (κ1) is 25.8. The normalized spacial score (nSPS) is 19.9. The molecular formula is C29H35BrN4O3. The van der Waals surface area contributed by atoms with Crippen LogP contribution in [0.2, 0.25) is 0 Å². The molecule has 2 saturated heterocycles. The number of rotatable bonds is 6. The number of likely N-dealkylation sites (tertiary alicyclic amines) is 1. The van der Waals surface area contributed by atoms with Gasteiger partial charge in [-0.2, -0.15) is 0 Å². The molecule has 0 aromatic heterocycles. The van der Waals surface area contributed by atoms with Crippen LogP contribution in [-0.2, 0) is 9.59 Å². The zero-order valence-electron chi connectivity index (χ0n) is 21.2. The van der Waals surface area contributed by atoms with Crippen LogP contribution in [0, 0.1) is 5.92 Å². The fraction of sp³-hybridized carbons (Fsp3) is 0.483. The number of piperidine rings is 1. The molecule has 0 atom stereocenters. The molecule has 0 bridgehead atoms. The maximum atomic E-state index is 13.9. The molecule has 1 aliphatic carbocycles. The highest BCUT2D eigenvalue weighted by molar-refractivity contribution is 9.10. The molecule has 8 heteroatoms. The Labute approximate surface area is 227 Å². The first-order valence-electron chi connectivity index (χ1n) is 13.4. The van der Waals surface area contributed by atoms with Crippen LogP contribution in [0.1, 0.15) is 55.3 Å². The summed E-state index contributed by atoms with van der Waals surface area (Å²) in [6.07, 6.45) is 7.16. The molecular weight excluding hydrogens is 532 g/mol. The maximum absolute atomic E-state index is 13.9. The summed E-state index contributed by atoms with van der Waals surface area (Å²) in [4.78, 5) is 45.5. The van der Waals surface area contributed by atoms with Crippen LogP contribution < -0.4 is 10.2 Å². The van der Waals surface area contributed by atoms with E-state index in [4.69, 9.17) is 0 Å². The van der Waals surface area contributed by atoms with Gasteiger partial charge in [-0.3, -0.25) is 14.4 Å². The van der Waals surface area contributed by atoms with Gasteiger partial charge in [-0.15, -0.1) is 0 Å². The fourth-order valence-corrected chi connectivity index (χ4v) is 6.32. The van der Waals surface area contributed by atoms with Crippen molar-refractivity contribution in [3.8, 4) is 0 Å². The highest BCUT2D eigenvalue weighted by atomic mass is 79.9. The second-order valence-corrected chi connectivity index (χ2v) is 11.5. The van der Waals surface area contributed by atoms with Crippen LogP contribution in [-0.4, -0.2) is 65.9 Å². The second kappa shape index (κ2) is 11.3. The molecule has 37 heavy (non-hydrogen) atoms. The number of para-hydroxylation sites is 1. The van der Waals surface area contributed by atoms with Gasteiger partial charge < -0.3 is 20.0 Å². The van der Waals surface area contributed by atoms with Gasteiger partial charge in [0, 0.05) is 35.4 Å². The van der Waals surface area contributed by atoms with Crippen LogP contribution in [0.15, 0.2) is 59.1 Å². The van der Waals surface area contributed by atoms with Gasteiger partial charge in [0.05, 0.1) is 6.67 Å². The summed E-state index contributed by atoms with van der Waals surface area (Å²) in [5.74, 6) is 0.427. The summed E-state index contributed by atoms with van der Waals surface area (Å²) >= 11 is 3.42. The average Bonchev–Trinajstić information content (AvgIpc) is 3.19. The van der Waals surface area contributed by atoms with E-state index < -0.39 is 5.54 Å². The van der Waals surface area contributed by atoms with Gasteiger partial charge in [-0.05, 0) is 68.0 Å². The highest BCUT2D eigenvalue weighted by Crippen LogP contribution is 2.39. The van der Waals surface area contributed by atoms with Crippen molar-refractivity contribution < 1.29 is 14.4 Å². The number of anilines is 1.